The summed E-state index contributed by atoms with van der Waals surface area (Å²) in [4.78, 5) is 0. The van der Waals surface area contributed by atoms with E-state index in [-0.39, 0.29) is 22.3 Å². The van der Waals surface area contributed by atoms with Crippen molar-refractivity contribution in [3.63, 3.8) is 0 Å². The predicted molar refractivity (Wildman–Crippen MR) is 74.9 cm³/mol. The van der Waals surface area contributed by atoms with Crippen molar-refractivity contribution in [2.45, 2.75) is 39.7 Å². The van der Waals surface area contributed by atoms with Crippen LogP contribution < -0.4 is 5.73 Å². The molecule has 0 saturated heterocycles. The first-order valence-corrected chi connectivity index (χ1v) is 6.36. The van der Waals surface area contributed by atoms with Crippen LogP contribution in [0, 0.1) is 23.1 Å². The van der Waals surface area contributed by atoms with E-state index in [9.17, 15) is 4.39 Å². The van der Waals surface area contributed by atoms with Crippen LogP contribution in [0.1, 0.15) is 32.8 Å². The molecule has 3 heteroatoms. The van der Waals surface area contributed by atoms with Crippen molar-refractivity contribution in [3.05, 3.63) is 34.6 Å². The summed E-state index contributed by atoms with van der Waals surface area (Å²) in [7, 11) is 0. The van der Waals surface area contributed by atoms with Gasteiger partial charge in [0.25, 0.3) is 0 Å². The summed E-state index contributed by atoms with van der Waals surface area (Å²) in [5.74, 6) is 5.79. The van der Waals surface area contributed by atoms with Crippen molar-refractivity contribution in [1.82, 2.24) is 0 Å². The third-order valence-electron chi connectivity index (χ3n) is 2.34. The van der Waals surface area contributed by atoms with Gasteiger partial charge in [0, 0.05) is 17.9 Å². The van der Waals surface area contributed by atoms with Crippen LogP contribution in [0.4, 0.5) is 4.39 Å². The fraction of sp³-hybridized carbons (Fsp3) is 0.467. The Balaban J connectivity index is 2.62. The van der Waals surface area contributed by atoms with Crippen molar-refractivity contribution in [3.8, 4) is 11.8 Å². The quantitative estimate of drug-likeness (QED) is 0.829. The minimum absolute atomic E-state index is 0.0268. The Morgan fingerprint density at radius 1 is 1.39 bits per heavy atom. The van der Waals surface area contributed by atoms with Gasteiger partial charge < -0.3 is 5.73 Å². The molecule has 0 aromatic heterocycles. The van der Waals surface area contributed by atoms with E-state index in [0.29, 0.717) is 18.4 Å². The molecule has 0 bridgehead atoms. The molecule has 0 spiro atoms. The average Bonchev–Trinajstić information content (AvgIpc) is 2.23. The first-order chi connectivity index (χ1) is 8.29. The standard InChI is InChI=1S/C15H19ClFN/c1-15(2,3)9-5-7-12(18)10-11-6-4-8-13(16)14(11)17/h4,6,8,12H,7,10,18H2,1-3H3. The van der Waals surface area contributed by atoms with E-state index in [1.165, 1.54) is 6.07 Å². The van der Waals surface area contributed by atoms with Gasteiger partial charge in [-0.25, -0.2) is 4.39 Å². The van der Waals surface area contributed by atoms with Gasteiger partial charge >= 0.3 is 0 Å². The normalized spacial score (nSPS) is 12.8. The minimum atomic E-state index is -0.376. The topological polar surface area (TPSA) is 26.0 Å². The molecule has 98 valence electrons. The van der Waals surface area contributed by atoms with Crippen molar-refractivity contribution in [2.24, 2.45) is 11.1 Å². The molecule has 0 aliphatic rings. The highest BCUT2D eigenvalue weighted by Gasteiger charge is 2.10. The zero-order chi connectivity index (χ0) is 13.8. The number of halogens is 2. The molecule has 2 N–H and O–H groups in total. The maximum atomic E-state index is 13.6. The first-order valence-electron chi connectivity index (χ1n) is 5.98. The molecule has 1 rings (SSSR count). The summed E-state index contributed by atoms with van der Waals surface area (Å²) in [6.07, 6.45) is 1.01. The molecule has 0 aliphatic heterocycles. The van der Waals surface area contributed by atoms with Gasteiger partial charge in [-0.1, -0.05) is 29.7 Å². The lowest BCUT2D eigenvalue weighted by Gasteiger charge is -2.11. The number of hydrogen-bond acceptors (Lipinski definition) is 1. The van der Waals surface area contributed by atoms with Crippen LogP contribution >= 0.6 is 11.6 Å². The Morgan fingerprint density at radius 2 is 2.06 bits per heavy atom. The van der Waals surface area contributed by atoms with E-state index in [1.54, 1.807) is 12.1 Å². The molecule has 0 amide bonds. The molecule has 1 nitrogen and oxygen atoms in total. The molecule has 1 atom stereocenters. The third kappa shape index (κ3) is 5.08. The predicted octanol–water partition coefficient (Wildman–Crippen LogP) is 3.79. The van der Waals surface area contributed by atoms with E-state index in [4.69, 9.17) is 17.3 Å². The molecule has 0 heterocycles. The van der Waals surface area contributed by atoms with Crippen molar-refractivity contribution >= 4 is 11.6 Å². The van der Waals surface area contributed by atoms with Gasteiger partial charge in [-0.2, -0.15) is 0 Å². The van der Waals surface area contributed by atoms with Gasteiger partial charge in [-0.05, 0) is 38.8 Å². The lowest BCUT2D eigenvalue weighted by molar-refractivity contribution is 0.567. The van der Waals surface area contributed by atoms with Crippen molar-refractivity contribution in [1.29, 1.82) is 0 Å². The number of nitrogens with two attached hydrogens (primary N) is 1. The van der Waals surface area contributed by atoms with Crippen LogP contribution in [-0.4, -0.2) is 6.04 Å². The average molecular weight is 268 g/mol. The van der Waals surface area contributed by atoms with Crippen molar-refractivity contribution < 1.29 is 4.39 Å². The summed E-state index contributed by atoms with van der Waals surface area (Å²) in [5, 5.41) is 0.139. The smallest absolute Gasteiger partial charge is 0.145 e. The molecule has 0 radical (unpaired) electrons. The molecule has 0 saturated carbocycles. The summed E-state index contributed by atoms with van der Waals surface area (Å²) in [6, 6.07) is 4.80. The Labute approximate surface area is 114 Å². The monoisotopic (exact) mass is 267 g/mol. The van der Waals surface area contributed by atoms with E-state index < -0.39 is 0 Å². The molecule has 18 heavy (non-hydrogen) atoms. The number of benzene rings is 1. The Hall–Kier alpha value is -1.04. The maximum Gasteiger partial charge on any atom is 0.145 e. The summed E-state index contributed by atoms with van der Waals surface area (Å²) < 4.78 is 13.6. The molecule has 0 fully saturated rings. The zero-order valence-corrected chi connectivity index (χ0v) is 11.8. The van der Waals surface area contributed by atoms with Gasteiger partial charge in [0.2, 0.25) is 0 Å². The van der Waals surface area contributed by atoms with E-state index in [2.05, 4.69) is 11.8 Å². The van der Waals surface area contributed by atoms with E-state index >= 15 is 0 Å². The van der Waals surface area contributed by atoms with Gasteiger partial charge in [0.05, 0.1) is 5.02 Å². The number of hydrogen-bond donors (Lipinski definition) is 1. The Morgan fingerprint density at radius 3 is 2.67 bits per heavy atom. The fourth-order valence-electron chi connectivity index (χ4n) is 1.51. The molecular weight excluding hydrogens is 249 g/mol. The van der Waals surface area contributed by atoms with Crippen LogP contribution in [0.15, 0.2) is 18.2 Å². The summed E-state index contributed by atoms with van der Waals surface area (Å²) in [6.45, 7) is 6.13. The van der Waals surface area contributed by atoms with Gasteiger partial charge in [0.1, 0.15) is 5.82 Å². The molecule has 1 unspecified atom stereocenters. The van der Waals surface area contributed by atoms with Gasteiger partial charge in [-0.15, -0.1) is 5.92 Å². The van der Waals surface area contributed by atoms with Crippen molar-refractivity contribution in [2.75, 3.05) is 0 Å². The van der Waals surface area contributed by atoms with Crippen LogP contribution in [0.2, 0.25) is 5.02 Å². The van der Waals surface area contributed by atoms with E-state index in [0.717, 1.165) is 0 Å². The lowest BCUT2D eigenvalue weighted by Crippen LogP contribution is -2.22. The minimum Gasteiger partial charge on any atom is -0.327 e. The van der Waals surface area contributed by atoms with Gasteiger partial charge in [-0.3, -0.25) is 0 Å². The molecular formula is C15H19ClFN. The largest absolute Gasteiger partial charge is 0.327 e. The SMILES string of the molecule is CC(C)(C)C#CCC(N)Cc1cccc(Cl)c1F. The maximum absolute atomic E-state index is 13.6. The lowest BCUT2D eigenvalue weighted by atomic mass is 9.97. The van der Waals surface area contributed by atoms with Crippen LogP contribution in [0.25, 0.3) is 0 Å². The summed E-state index contributed by atoms with van der Waals surface area (Å²) >= 11 is 5.72. The van der Waals surface area contributed by atoms with Crippen LogP contribution in [-0.2, 0) is 6.42 Å². The Bertz CT molecular complexity index is 466. The zero-order valence-electron chi connectivity index (χ0n) is 11.1. The van der Waals surface area contributed by atoms with E-state index in [1.807, 2.05) is 20.8 Å². The molecule has 1 aromatic rings. The Kier molecular flexibility index (Phi) is 5.19. The van der Waals surface area contributed by atoms with Gasteiger partial charge in [0.15, 0.2) is 0 Å². The highest BCUT2D eigenvalue weighted by Crippen LogP contribution is 2.19. The van der Waals surface area contributed by atoms with Crippen LogP contribution in [0.5, 0.6) is 0 Å². The second kappa shape index (κ2) is 6.22. The van der Waals surface area contributed by atoms with Crippen LogP contribution in [0.3, 0.4) is 0 Å². The fourth-order valence-corrected chi connectivity index (χ4v) is 1.70. The number of rotatable bonds is 3. The summed E-state index contributed by atoms with van der Waals surface area (Å²) in [5.41, 5.74) is 6.46. The second-order valence-corrected chi connectivity index (χ2v) is 5.84. The third-order valence-corrected chi connectivity index (χ3v) is 2.63. The molecule has 0 aliphatic carbocycles. The first kappa shape index (κ1) is 15.0. The molecule has 1 aromatic carbocycles. The highest BCUT2D eigenvalue weighted by molar-refractivity contribution is 6.30. The second-order valence-electron chi connectivity index (χ2n) is 5.43. The highest BCUT2D eigenvalue weighted by atomic mass is 35.5.